The second kappa shape index (κ2) is 5.08. The van der Waals surface area contributed by atoms with E-state index in [2.05, 4.69) is 32.6 Å². The van der Waals surface area contributed by atoms with Crippen molar-refractivity contribution in [3.05, 3.63) is 20.8 Å². The summed E-state index contributed by atoms with van der Waals surface area (Å²) in [4.78, 5) is 13.3. The zero-order valence-corrected chi connectivity index (χ0v) is 12.7. The largest absolute Gasteiger partial charge is 0.383 e. The van der Waals surface area contributed by atoms with E-state index in [1.165, 1.54) is 25.7 Å². The van der Waals surface area contributed by atoms with E-state index in [9.17, 15) is 0 Å². The van der Waals surface area contributed by atoms with Crippen molar-refractivity contribution in [3.8, 4) is 10.8 Å². The highest BCUT2D eigenvalue weighted by molar-refractivity contribution is 14.1. The molecule has 0 unspecified atom stereocenters. The molecule has 1 saturated carbocycles. The summed E-state index contributed by atoms with van der Waals surface area (Å²) >= 11 is 3.81. The van der Waals surface area contributed by atoms with Crippen LogP contribution in [0.25, 0.3) is 10.8 Å². The number of halogens is 1. The minimum Gasteiger partial charge on any atom is -0.383 e. The Morgan fingerprint density at radius 1 is 1.28 bits per heavy atom. The molecule has 0 aromatic carbocycles. The molecule has 1 aliphatic rings. The summed E-state index contributed by atoms with van der Waals surface area (Å²) in [5.41, 5.74) is 7.13. The summed E-state index contributed by atoms with van der Waals surface area (Å²) < 4.78 is 1.01. The van der Waals surface area contributed by atoms with Gasteiger partial charge in [-0.15, -0.1) is 11.3 Å². The van der Waals surface area contributed by atoms with Crippen LogP contribution in [-0.4, -0.2) is 15.0 Å². The number of nitrogens with zero attached hydrogens (tertiary/aromatic N) is 3. The molecule has 2 N–H and O–H groups in total. The van der Waals surface area contributed by atoms with Crippen LogP contribution in [0.5, 0.6) is 0 Å². The summed E-state index contributed by atoms with van der Waals surface area (Å²) in [5.74, 6) is 1.79. The molecule has 2 aromatic heterocycles. The second-order valence-corrected chi connectivity index (χ2v) is 6.42. The SMILES string of the molecule is Nc1nc(-c2nccs2)nc(C2CCCC2)c1I. The lowest BCUT2D eigenvalue weighted by molar-refractivity contribution is 0.691. The van der Waals surface area contributed by atoms with Crippen LogP contribution in [0.4, 0.5) is 5.82 Å². The fourth-order valence-corrected chi connectivity index (χ4v) is 3.63. The maximum Gasteiger partial charge on any atom is 0.190 e. The van der Waals surface area contributed by atoms with Gasteiger partial charge < -0.3 is 5.73 Å². The van der Waals surface area contributed by atoms with E-state index in [0.29, 0.717) is 17.6 Å². The van der Waals surface area contributed by atoms with Crippen molar-refractivity contribution < 1.29 is 0 Å². The molecule has 0 spiro atoms. The Balaban J connectivity index is 2.07. The second-order valence-electron chi connectivity index (χ2n) is 4.45. The summed E-state index contributed by atoms with van der Waals surface area (Å²) in [6, 6.07) is 0. The van der Waals surface area contributed by atoms with Crippen LogP contribution < -0.4 is 5.73 Å². The minimum absolute atomic E-state index is 0.543. The molecule has 3 rings (SSSR count). The Bertz CT molecular complexity index is 549. The molecule has 94 valence electrons. The minimum atomic E-state index is 0.543. The van der Waals surface area contributed by atoms with Gasteiger partial charge in [0.05, 0.1) is 9.26 Å². The highest BCUT2D eigenvalue weighted by Gasteiger charge is 2.23. The van der Waals surface area contributed by atoms with E-state index < -0.39 is 0 Å². The molecule has 0 amide bonds. The van der Waals surface area contributed by atoms with Gasteiger partial charge in [0.2, 0.25) is 0 Å². The van der Waals surface area contributed by atoms with Crippen LogP contribution in [0.3, 0.4) is 0 Å². The van der Waals surface area contributed by atoms with Gasteiger partial charge in [-0.1, -0.05) is 12.8 Å². The average Bonchev–Trinajstić information content (AvgIpc) is 3.03. The number of nitrogen functional groups attached to an aromatic ring is 1. The van der Waals surface area contributed by atoms with Gasteiger partial charge in [-0.05, 0) is 35.4 Å². The lowest BCUT2D eigenvalue weighted by Crippen LogP contribution is -2.07. The molecular weight excluding hydrogens is 359 g/mol. The number of hydrogen-bond acceptors (Lipinski definition) is 5. The first-order valence-electron chi connectivity index (χ1n) is 5.98. The third-order valence-corrected chi connectivity index (χ3v) is 5.14. The van der Waals surface area contributed by atoms with Crippen molar-refractivity contribution in [1.82, 2.24) is 15.0 Å². The molecule has 0 atom stereocenters. The Morgan fingerprint density at radius 3 is 2.72 bits per heavy atom. The molecule has 0 saturated heterocycles. The van der Waals surface area contributed by atoms with Gasteiger partial charge in [0.15, 0.2) is 10.8 Å². The quantitative estimate of drug-likeness (QED) is 0.821. The molecule has 1 fully saturated rings. The van der Waals surface area contributed by atoms with Gasteiger partial charge in [0, 0.05) is 17.5 Å². The topological polar surface area (TPSA) is 64.7 Å². The van der Waals surface area contributed by atoms with E-state index >= 15 is 0 Å². The molecule has 0 bridgehead atoms. The highest BCUT2D eigenvalue weighted by Crippen LogP contribution is 2.37. The first-order valence-corrected chi connectivity index (χ1v) is 7.94. The predicted molar refractivity (Wildman–Crippen MR) is 81.5 cm³/mol. The van der Waals surface area contributed by atoms with Crippen molar-refractivity contribution in [2.24, 2.45) is 0 Å². The van der Waals surface area contributed by atoms with Crippen LogP contribution in [-0.2, 0) is 0 Å². The molecule has 4 nitrogen and oxygen atoms in total. The van der Waals surface area contributed by atoms with E-state index in [-0.39, 0.29) is 0 Å². The Labute approximate surface area is 123 Å². The zero-order valence-electron chi connectivity index (χ0n) is 9.77. The van der Waals surface area contributed by atoms with Crippen LogP contribution in [0.1, 0.15) is 37.3 Å². The van der Waals surface area contributed by atoms with Crippen molar-refractivity contribution in [2.75, 3.05) is 5.73 Å². The highest BCUT2D eigenvalue weighted by atomic mass is 127. The normalized spacial score (nSPS) is 16.3. The summed E-state index contributed by atoms with van der Waals surface area (Å²) in [5, 5.41) is 2.78. The lowest BCUT2D eigenvalue weighted by atomic mass is 10.0. The number of thiazole rings is 1. The number of hydrogen-bond donors (Lipinski definition) is 1. The molecule has 18 heavy (non-hydrogen) atoms. The summed E-state index contributed by atoms with van der Waals surface area (Å²) in [6.45, 7) is 0. The fourth-order valence-electron chi connectivity index (χ4n) is 2.38. The number of anilines is 1. The standard InChI is InChI=1S/C12H13IN4S/c13-8-9(7-3-1-2-4-7)16-11(17-10(8)14)12-15-5-6-18-12/h5-7H,1-4H2,(H2,14,16,17). The van der Waals surface area contributed by atoms with Crippen LogP contribution in [0.2, 0.25) is 0 Å². The maximum absolute atomic E-state index is 6.01. The molecule has 0 aliphatic heterocycles. The third kappa shape index (κ3) is 2.23. The Morgan fingerprint density at radius 2 is 2.06 bits per heavy atom. The smallest absolute Gasteiger partial charge is 0.190 e. The van der Waals surface area contributed by atoms with Crippen LogP contribution in [0.15, 0.2) is 11.6 Å². The van der Waals surface area contributed by atoms with E-state index in [4.69, 9.17) is 10.7 Å². The van der Waals surface area contributed by atoms with E-state index in [0.717, 1.165) is 14.3 Å². The van der Waals surface area contributed by atoms with Gasteiger partial charge in [0.1, 0.15) is 5.82 Å². The van der Waals surface area contributed by atoms with Gasteiger partial charge in [-0.3, -0.25) is 0 Å². The predicted octanol–water partition coefficient (Wildman–Crippen LogP) is 3.44. The van der Waals surface area contributed by atoms with Crippen molar-refractivity contribution in [3.63, 3.8) is 0 Å². The molecule has 2 heterocycles. The Hall–Kier alpha value is -0.760. The molecular formula is C12H13IN4S. The maximum atomic E-state index is 6.01. The van der Waals surface area contributed by atoms with Gasteiger partial charge in [-0.25, -0.2) is 15.0 Å². The van der Waals surface area contributed by atoms with E-state index in [1.807, 2.05) is 5.38 Å². The number of rotatable bonds is 2. The third-order valence-electron chi connectivity index (χ3n) is 3.27. The number of aromatic nitrogens is 3. The van der Waals surface area contributed by atoms with Crippen LogP contribution >= 0.6 is 33.9 Å². The molecule has 0 radical (unpaired) electrons. The lowest BCUT2D eigenvalue weighted by Gasteiger charge is -2.13. The Kier molecular flexibility index (Phi) is 3.47. The summed E-state index contributed by atoms with van der Waals surface area (Å²) in [7, 11) is 0. The monoisotopic (exact) mass is 372 g/mol. The first kappa shape index (κ1) is 12.3. The van der Waals surface area contributed by atoms with E-state index in [1.54, 1.807) is 17.5 Å². The average molecular weight is 372 g/mol. The van der Waals surface area contributed by atoms with Gasteiger partial charge >= 0.3 is 0 Å². The summed E-state index contributed by atoms with van der Waals surface area (Å²) in [6.07, 6.45) is 6.77. The molecule has 6 heteroatoms. The zero-order chi connectivity index (χ0) is 12.5. The van der Waals surface area contributed by atoms with Crippen molar-refractivity contribution >= 4 is 39.7 Å². The van der Waals surface area contributed by atoms with Gasteiger partial charge in [-0.2, -0.15) is 0 Å². The fraction of sp³-hybridized carbons (Fsp3) is 0.417. The molecule has 1 aliphatic carbocycles. The number of nitrogens with two attached hydrogens (primary N) is 1. The van der Waals surface area contributed by atoms with Crippen molar-refractivity contribution in [1.29, 1.82) is 0 Å². The molecule has 2 aromatic rings. The van der Waals surface area contributed by atoms with Crippen LogP contribution in [0, 0.1) is 3.57 Å². The first-order chi connectivity index (χ1) is 8.75. The van der Waals surface area contributed by atoms with Crippen molar-refractivity contribution in [2.45, 2.75) is 31.6 Å². The van der Waals surface area contributed by atoms with Gasteiger partial charge in [0.25, 0.3) is 0 Å².